The molecule has 1 atom stereocenters. The van der Waals surface area contributed by atoms with Crippen molar-refractivity contribution in [3.8, 4) is 11.8 Å². The zero-order valence-electron chi connectivity index (χ0n) is 12.4. The van der Waals surface area contributed by atoms with Crippen LogP contribution in [-0.2, 0) is 0 Å². The molecule has 3 rings (SSSR count). The van der Waals surface area contributed by atoms with Gasteiger partial charge in [0.2, 0.25) is 0 Å². The number of hydrogen-bond acceptors (Lipinski definition) is 4. The highest BCUT2D eigenvalue weighted by Gasteiger charge is 2.13. The highest BCUT2D eigenvalue weighted by atomic mass is 19.1. The normalized spacial score (nSPS) is 11.7. The number of aromatic nitrogens is 3. The van der Waals surface area contributed by atoms with E-state index in [0.29, 0.717) is 5.69 Å². The Morgan fingerprint density at radius 3 is 2.65 bits per heavy atom. The van der Waals surface area contributed by atoms with Crippen molar-refractivity contribution in [2.45, 2.75) is 13.0 Å². The van der Waals surface area contributed by atoms with Gasteiger partial charge < -0.3 is 5.32 Å². The molecule has 0 aliphatic heterocycles. The van der Waals surface area contributed by atoms with Crippen LogP contribution < -0.4 is 5.32 Å². The van der Waals surface area contributed by atoms with Crippen molar-refractivity contribution in [3.63, 3.8) is 0 Å². The smallest absolute Gasteiger partial charge is 0.146 e. The number of anilines is 1. The molecule has 0 unspecified atom stereocenters. The average Bonchev–Trinajstić information content (AvgIpc) is 3.10. The van der Waals surface area contributed by atoms with E-state index in [1.807, 2.05) is 31.2 Å². The molecule has 0 bridgehead atoms. The molecule has 1 heterocycles. The molecule has 0 saturated carbocycles. The van der Waals surface area contributed by atoms with Gasteiger partial charge >= 0.3 is 0 Å². The predicted octanol–water partition coefficient (Wildman–Crippen LogP) is 3.39. The molecule has 0 saturated heterocycles. The van der Waals surface area contributed by atoms with E-state index in [4.69, 9.17) is 0 Å². The molecule has 0 radical (unpaired) electrons. The van der Waals surface area contributed by atoms with Crippen molar-refractivity contribution < 1.29 is 4.39 Å². The topological polar surface area (TPSA) is 66.5 Å². The summed E-state index contributed by atoms with van der Waals surface area (Å²) in [6, 6.07) is 13.6. The summed E-state index contributed by atoms with van der Waals surface area (Å²) >= 11 is 0. The number of hydrogen-bond donors (Lipinski definition) is 1. The molecule has 114 valence electrons. The van der Waals surface area contributed by atoms with E-state index >= 15 is 0 Å². The highest BCUT2D eigenvalue weighted by molar-refractivity contribution is 5.51. The van der Waals surface area contributed by atoms with Crippen molar-refractivity contribution in [2.75, 3.05) is 5.32 Å². The highest BCUT2D eigenvalue weighted by Crippen LogP contribution is 2.23. The van der Waals surface area contributed by atoms with Crippen LogP contribution in [0.4, 0.5) is 10.1 Å². The molecule has 0 spiro atoms. The zero-order chi connectivity index (χ0) is 16.2. The number of nitriles is 1. The first kappa shape index (κ1) is 14.7. The Labute approximate surface area is 133 Å². The number of halogens is 1. The van der Waals surface area contributed by atoms with E-state index < -0.39 is 6.04 Å². The van der Waals surface area contributed by atoms with Crippen molar-refractivity contribution in [2.24, 2.45) is 0 Å². The van der Waals surface area contributed by atoms with Gasteiger partial charge in [-0.15, -0.1) is 0 Å². The van der Waals surface area contributed by atoms with Gasteiger partial charge in [-0.25, -0.2) is 14.1 Å². The summed E-state index contributed by atoms with van der Waals surface area (Å²) in [5.74, 6) is -0.380. The second kappa shape index (κ2) is 6.28. The lowest BCUT2D eigenvalue weighted by molar-refractivity contribution is 0.628. The maximum atomic E-state index is 13.8. The Bertz CT molecular complexity index is 834. The summed E-state index contributed by atoms with van der Waals surface area (Å²) in [5.41, 5.74) is 2.82. The quantitative estimate of drug-likeness (QED) is 0.802. The Balaban J connectivity index is 1.84. The number of nitrogens with one attached hydrogen (secondary N) is 1. The Morgan fingerprint density at radius 1 is 1.22 bits per heavy atom. The third-order valence-corrected chi connectivity index (χ3v) is 3.46. The molecular weight excluding hydrogens is 293 g/mol. The third-order valence-electron chi connectivity index (χ3n) is 3.46. The van der Waals surface area contributed by atoms with Crippen LogP contribution in [0.25, 0.3) is 5.69 Å². The molecule has 3 aromatic rings. The average molecular weight is 307 g/mol. The van der Waals surface area contributed by atoms with Gasteiger partial charge in [-0.3, -0.25) is 0 Å². The van der Waals surface area contributed by atoms with E-state index in [9.17, 15) is 9.65 Å². The Hall–Kier alpha value is -3.20. The van der Waals surface area contributed by atoms with Gasteiger partial charge in [0.25, 0.3) is 0 Å². The lowest BCUT2D eigenvalue weighted by Gasteiger charge is -2.15. The first-order valence-corrected chi connectivity index (χ1v) is 7.04. The summed E-state index contributed by atoms with van der Waals surface area (Å²) in [6.07, 6.45) is 3.05. The largest absolute Gasteiger partial charge is 0.364 e. The first-order valence-electron chi connectivity index (χ1n) is 7.04. The van der Waals surface area contributed by atoms with Gasteiger partial charge in [-0.1, -0.05) is 18.2 Å². The van der Waals surface area contributed by atoms with Gasteiger partial charge in [0.1, 0.15) is 24.5 Å². The van der Waals surface area contributed by atoms with Crippen molar-refractivity contribution >= 4 is 5.69 Å². The summed E-state index contributed by atoms with van der Waals surface area (Å²) < 4.78 is 15.5. The van der Waals surface area contributed by atoms with Gasteiger partial charge in [-0.05, 0) is 42.3 Å². The molecule has 1 N–H and O–H groups in total. The molecule has 5 nitrogen and oxygen atoms in total. The standard InChI is InChI=1S/C17H14FN5/c1-12-2-7-15(18)16(8-12)22-17(9-19)13-3-5-14(6-4-13)23-11-20-10-21-23/h2-8,10-11,17,22H,1H3/t17-/m1/s1. The Morgan fingerprint density at radius 2 is 2.00 bits per heavy atom. The van der Waals surface area contributed by atoms with Crippen LogP contribution in [0, 0.1) is 24.1 Å². The molecule has 23 heavy (non-hydrogen) atoms. The molecule has 0 amide bonds. The second-order valence-corrected chi connectivity index (χ2v) is 5.12. The van der Waals surface area contributed by atoms with Gasteiger partial charge in [-0.2, -0.15) is 10.4 Å². The minimum Gasteiger partial charge on any atom is -0.364 e. The second-order valence-electron chi connectivity index (χ2n) is 5.12. The summed E-state index contributed by atoms with van der Waals surface area (Å²) in [5, 5.41) is 16.4. The van der Waals surface area contributed by atoms with E-state index in [1.54, 1.807) is 23.1 Å². The lowest BCUT2D eigenvalue weighted by atomic mass is 10.1. The summed E-state index contributed by atoms with van der Waals surface area (Å²) in [4.78, 5) is 3.89. The third kappa shape index (κ3) is 3.19. The fourth-order valence-corrected chi connectivity index (χ4v) is 2.26. The van der Waals surface area contributed by atoms with Crippen LogP contribution in [0.5, 0.6) is 0 Å². The van der Waals surface area contributed by atoms with Crippen molar-refractivity contribution in [1.29, 1.82) is 5.26 Å². The zero-order valence-corrected chi connectivity index (χ0v) is 12.4. The van der Waals surface area contributed by atoms with Gasteiger partial charge in [0, 0.05) is 0 Å². The summed E-state index contributed by atoms with van der Waals surface area (Å²) in [7, 11) is 0. The van der Waals surface area contributed by atoms with Crippen LogP contribution in [0.15, 0.2) is 55.1 Å². The molecular formula is C17H14FN5. The number of rotatable bonds is 4. The lowest BCUT2D eigenvalue weighted by Crippen LogP contribution is -2.10. The molecule has 1 aromatic heterocycles. The van der Waals surface area contributed by atoms with Crippen molar-refractivity contribution in [1.82, 2.24) is 14.8 Å². The fraction of sp³-hybridized carbons (Fsp3) is 0.118. The van der Waals surface area contributed by atoms with E-state index in [0.717, 1.165) is 16.8 Å². The minimum atomic E-state index is -0.643. The number of nitrogens with zero attached hydrogens (tertiary/aromatic N) is 4. The maximum absolute atomic E-state index is 13.8. The molecule has 2 aromatic carbocycles. The summed E-state index contributed by atoms with van der Waals surface area (Å²) in [6.45, 7) is 1.87. The SMILES string of the molecule is Cc1ccc(F)c(N[C@H](C#N)c2ccc(-n3cncn3)cc2)c1. The van der Waals surface area contributed by atoms with Crippen molar-refractivity contribution in [3.05, 3.63) is 72.1 Å². The van der Waals surface area contributed by atoms with Crippen LogP contribution in [0.1, 0.15) is 17.2 Å². The van der Waals surface area contributed by atoms with Crippen LogP contribution in [0.3, 0.4) is 0 Å². The predicted molar refractivity (Wildman–Crippen MR) is 84.5 cm³/mol. The van der Waals surface area contributed by atoms with Gasteiger partial charge in [0.05, 0.1) is 17.4 Å². The molecule has 6 heteroatoms. The van der Waals surface area contributed by atoms with E-state index in [1.165, 1.54) is 12.4 Å². The Kier molecular flexibility index (Phi) is 4.02. The minimum absolute atomic E-state index is 0.317. The first-order chi connectivity index (χ1) is 11.2. The van der Waals surface area contributed by atoms with Crippen LogP contribution in [0.2, 0.25) is 0 Å². The molecule has 0 aliphatic carbocycles. The number of aryl methyl sites for hydroxylation is 1. The van der Waals surface area contributed by atoms with Gasteiger partial charge in [0.15, 0.2) is 0 Å². The van der Waals surface area contributed by atoms with E-state index in [2.05, 4.69) is 21.5 Å². The number of benzene rings is 2. The monoisotopic (exact) mass is 307 g/mol. The van der Waals surface area contributed by atoms with Crippen LogP contribution >= 0.6 is 0 Å². The maximum Gasteiger partial charge on any atom is 0.146 e. The molecule has 0 aliphatic rings. The molecule has 0 fully saturated rings. The van der Waals surface area contributed by atoms with Crippen LogP contribution in [-0.4, -0.2) is 14.8 Å². The van der Waals surface area contributed by atoms with E-state index in [-0.39, 0.29) is 5.82 Å². The fourth-order valence-electron chi connectivity index (χ4n) is 2.26.